The van der Waals surface area contributed by atoms with Gasteiger partial charge in [0.05, 0.1) is 12.2 Å². The molecule has 1 heterocycles. The highest BCUT2D eigenvalue weighted by Gasteiger charge is 2.41. The molecule has 0 aromatic heterocycles. The second-order valence-corrected chi connectivity index (χ2v) is 6.04. The lowest BCUT2D eigenvalue weighted by Crippen LogP contribution is -2.37. The summed E-state index contributed by atoms with van der Waals surface area (Å²) in [6.07, 6.45) is 0.536. The lowest BCUT2D eigenvalue weighted by molar-refractivity contribution is 0.0768. The normalized spacial score (nSPS) is 20.4. The Hall–Kier alpha value is -2.47. The van der Waals surface area contributed by atoms with Crippen molar-refractivity contribution in [1.29, 1.82) is 0 Å². The predicted molar refractivity (Wildman–Crippen MR) is 83.7 cm³/mol. The Bertz CT molecular complexity index is 766. The summed E-state index contributed by atoms with van der Waals surface area (Å²) in [7, 11) is 0. The van der Waals surface area contributed by atoms with E-state index in [0.29, 0.717) is 13.0 Å². The zero-order valence-electron chi connectivity index (χ0n) is 12.9. The predicted octanol–water partition coefficient (Wildman–Crippen LogP) is 2.45. The lowest BCUT2D eigenvalue weighted by atomic mass is 9.80. The molecular formula is C18H17F2NO3. The fourth-order valence-corrected chi connectivity index (χ4v) is 3.17. The van der Waals surface area contributed by atoms with Crippen LogP contribution < -0.4 is 0 Å². The van der Waals surface area contributed by atoms with Crippen molar-refractivity contribution in [3.63, 3.8) is 0 Å². The molecule has 126 valence electrons. The van der Waals surface area contributed by atoms with Crippen LogP contribution in [-0.4, -0.2) is 40.7 Å². The highest BCUT2D eigenvalue weighted by Crippen LogP contribution is 2.35. The molecule has 1 saturated heterocycles. The van der Waals surface area contributed by atoms with E-state index < -0.39 is 28.7 Å². The van der Waals surface area contributed by atoms with Crippen molar-refractivity contribution in [2.75, 3.05) is 19.7 Å². The van der Waals surface area contributed by atoms with E-state index in [1.165, 1.54) is 4.90 Å². The number of nitrogens with zero attached hydrogens (tertiary/aromatic N) is 1. The maximum Gasteiger partial charge on any atom is 0.257 e. The summed E-state index contributed by atoms with van der Waals surface area (Å²) in [5.74, 6) is -4.16. The zero-order valence-corrected chi connectivity index (χ0v) is 12.9. The SMILES string of the molecule is O=C(c1ccc(F)c(O)c1F)N1CCC(CO)(c2ccccc2)C1. The van der Waals surface area contributed by atoms with Crippen LogP contribution in [0, 0.1) is 11.6 Å². The highest BCUT2D eigenvalue weighted by atomic mass is 19.1. The number of phenols is 1. The van der Waals surface area contributed by atoms with Crippen molar-refractivity contribution in [1.82, 2.24) is 4.90 Å². The van der Waals surface area contributed by atoms with Crippen molar-refractivity contribution in [2.24, 2.45) is 0 Å². The van der Waals surface area contributed by atoms with Crippen LogP contribution >= 0.6 is 0 Å². The Morgan fingerprint density at radius 1 is 1.17 bits per heavy atom. The Balaban J connectivity index is 1.88. The summed E-state index contributed by atoms with van der Waals surface area (Å²) in [6, 6.07) is 11.2. The molecule has 1 fully saturated rings. The molecule has 2 aromatic carbocycles. The fraction of sp³-hybridized carbons (Fsp3) is 0.278. The van der Waals surface area contributed by atoms with Gasteiger partial charge in [-0.1, -0.05) is 30.3 Å². The number of benzene rings is 2. The largest absolute Gasteiger partial charge is 0.503 e. The number of hydrogen-bond acceptors (Lipinski definition) is 3. The Labute approximate surface area is 138 Å². The second kappa shape index (κ2) is 6.20. The lowest BCUT2D eigenvalue weighted by Gasteiger charge is -2.27. The quantitative estimate of drug-likeness (QED) is 0.907. The van der Waals surface area contributed by atoms with E-state index in [1.54, 1.807) is 0 Å². The number of carbonyl (C=O) groups excluding carboxylic acids is 1. The number of carbonyl (C=O) groups is 1. The summed E-state index contributed by atoms with van der Waals surface area (Å²) in [6.45, 7) is 0.424. The van der Waals surface area contributed by atoms with E-state index in [9.17, 15) is 23.8 Å². The number of aliphatic hydroxyl groups is 1. The monoisotopic (exact) mass is 333 g/mol. The minimum atomic E-state index is -1.26. The molecule has 0 aliphatic carbocycles. The van der Waals surface area contributed by atoms with Gasteiger partial charge in [-0.25, -0.2) is 8.78 Å². The molecule has 3 rings (SSSR count). The summed E-state index contributed by atoms with van der Waals surface area (Å²) in [4.78, 5) is 14.0. The van der Waals surface area contributed by atoms with Gasteiger partial charge in [-0.05, 0) is 24.1 Å². The molecule has 0 spiro atoms. The third kappa shape index (κ3) is 2.63. The second-order valence-electron chi connectivity index (χ2n) is 6.04. The van der Waals surface area contributed by atoms with E-state index in [-0.39, 0.29) is 18.7 Å². The van der Waals surface area contributed by atoms with Crippen molar-refractivity contribution >= 4 is 5.91 Å². The third-order valence-electron chi connectivity index (χ3n) is 4.63. The molecule has 2 aromatic rings. The van der Waals surface area contributed by atoms with Gasteiger partial charge in [-0.3, -0.25) is 4.79 Å². The van der Waals surface area contributed by atoms with Gasteiger partial charge in [-0.15, -0.1) is 0 Å². The van der Waals surface area contributed by atoms with E-state index in [4.69, 9.17) is 0 Å². The van der Waals surface area contributed by atoms with Crippen molar-refractivity contribution in [3.8, 4) is 5.75 Å². The Kier molecular flexibility index (Phi) is 4.24. The molecule has 24 heavy (non-hydrogen) atoms. The molecule has 1 amide bonds. The van der Waals surface area contributed by atoms with Gasteiger partial charge < -0.3 is 15.1 Å². The standard InChI is InChI=1S/C18H17F2NO3/c19-14-7-6-13(15(20)16(14)23)17(24)21-9-8-18(10-21,11-22)12-4-2-1-3-5-12/h1-7,22-23H,8-11H2. The van der Waals surface area contributed by atoms with Crippen LogP contribution in [0.2, 0.25) is 0 Å². The van der Waals surface area contributed by atoms with Crippen LogP contribution in [-0.2, 0) is 5.41 Å². The van der Waals surface area contributed by atoms with Crippen LogP contribution in [0.4, 0.5) is 8.78 Å². The Morgan fingerprint density at radius 2 is 1.88 bits per heavy atom. The average Bonchev–Trinajstić information content (AvgIpc) is 3.06. The maximum absolute atomic E-state index is 14.0. The summed E-state index contributed by atoms with van der Waals surface area (Å²) < 4.78 is 27.1. The number of amides is 1. The molecular weight excluding hydrogens is 316 g/mol. The first-order valence-electron chi connectivity index (χ1n) is 7.61. The fourth-order valence-electron chi connectivity index (χ4n) is 3.17. The van der Waals surface area contributed by atoms with Gasteiger partial charge in [0.25, 0.3) is 5.91 Å². The van der Waals surface area contributed by atoms with Crippen LogP contribution in [0.15, 0.2) is 42.5 Å². The summed E-state index contributed by atoms with van der Waals surface area (Å²) in [5, 5.41) is 19.2. The van der Waals surface area contributed by atoms with Gasteiger partial charge in [0.15, 0.2) is 17.4 Å². The van der Waals surface area contributed by atoms with Crippen LogP contribution in [0.25, 0.3) is 0 Å². The highest BCUT2D eigenvalue weighted by molar-refractivity contribution is 5.95. The van der Waals surface area contributed by atoms with E-state index in [0.717, 1.165) is 17.7 Å². The van der Waals surface area contributed by atoms with E-state index >= 15 is 0 Å². The molecule has 4 nitrogen and oxygen atoms in total. The van der Waals surface area contributed by atoms with Crippen LogP contribution in [0.5, 0.6) is 5.75 Å². The van der Waals surface area contributed by atoms with Gasteiger partial charge in [0, 0.05) is 18.5 Å². The Morgan fingerprint density at radius 3 is 2.54 bits per heavy atom. The van der Waals surface area contributed by atoms with E-state index in [2.05, 4.69) is 0 Å². The first-order chi connectivity index (χ1) is 11.5. The summed E-state index contributed by atoms with van der Waals surface area (Å²) in [5.41, 5.74) is -0.0731. The minimum Gasteiger partial charge on any atom is -0.503 e. The molecule has 1 aliphatic rings. The molecule has 0 saturated carbocycles. The smallest absolute Gasteiger partial charge is 0.257 e. The number of hydrogen-bond donors (Lipinski definition) is 2. The van der Waals surface area contributed by atoms with Gasteiger partial charge in [-0.2, -0.15) is 0 Å². The molecule has 0 bridgehead atoms. The zero-order chi connectivity index (χ0) is 17.3. The number of aromatic hydroxyl groups is 1. The number of rotatable bonds is 3. The maximum atomic E-state index is 14.0. The topological polar surface area (TPSA) is 60.8 Å². The number of aliphatic hydroxyl groups excluding tert-OH is 1. The van der Waals surface area contributed by atoms with E-state index in [1.807, 2.05) is 30.3 Å². The minimum absolute atomic E-state index is 0.141. The van der Waals surface area contributed by atoms with Crippen LogP contribution in [0.1, 0.15) is 22.3 Å². The molecule has 1 aliphatic heterocycles. The van der Waals surface area contributed by atoms with Gasteiger partial charge in [0.1, 0.15) is 0 Å². The first-order valence-corrected chi connectivity index (χ1v) is 7.61. The summed E-state index contributed by atoms with van der Waals surface area (Å²) >= 11 is 0. The van der Waals surface area contributed by atoms with Crippen molar-refractivity contribution in [2.45, 2.75) is 11.8 Å². The average molecular weight is 333 g/mol. The van der Waals surface area contributed by atoms with Crippen molar-refractivity contribution < 1.29 is 23.8 Å². The number of likely N-dealkylation sites (tertiary alicyclic amines) is 1. The van der Waals surface area contributed by atoms with Crippen LogP contribution in [0.3, 0.4) is 0 Å². The van der Waals surface area contributed by atoms with Gasteiger partial charge >= 0.3 is 0 Å². The molecule has 1 atom stereocenters. The number of phenolic OH excluding ortho intramolecular Hbond substituents is 1. The molecule has 6 heteroatoms. The van der Waals surface area contributed by atoms with Gasteiger partial charge in [0.2, 0.25) is 0 Å². The molecule has 0 radical (unpaired) electrons. The third-order valence-corrected chi connectivity index (χ3v) is 4.63. The van der Waals surface area contributed by atoms with Crippen molar-refractivity contribution in [3.05, 3.63) is 65.2 Å². The molecule has 1 unspecified atom stereocenters. The first kappa shape index (κ1) is 16.4. The molecule has 2 N–H and O–H groups in total. The number of halogens is 2.